The van der Waals surface area contributed by atoms with Crippen molar-refractivity contribution in [1.29, 1.82) is 0 Å². The van der Waals surface area contributed by atoms with Gasteiger partial charge in [0.2, 0.25) is 0 Å². The Balaban J connectivity index is 0.00000161. The van der Waals surface area contributed by atoms with E-state index in [0.717, 1.165) is 5.56 Å². The molecule has 2 aromatic carbocycles. The third kappa shape index (κ3) is 3.36. The van der Waals surface area contributed by atoms with Crippen molar-refractivity contribution in [2.45, 2.75) is 6.23 Å². The van der Waals surface area contributed by atoms with Crippen LogP contribution in [-0.4, -0.2) is 23.0 Å². The van der Waals surface area contributed by atoms with Crippen LogP contribution in [0.1, 0.15) is 11.1 Å². The summed E-state index contributed by atoms with van der Waals surface area (Å²) in [7, 11) is 0. The van der Waals surface area contributed by atoms with Crippen LogP contribution in [0.25, 0.3) is 5.32 Å². The molecular formula is C15H10ClN2NaO2. The molecule has 6 heteroatoms. The van der Waals surface area contributed by atoms with E-state index in [1.807, 2.05) is 30.3 Å². The maximum absolute atomic E-state index is 11.7. The van der Waals surface area contributed by atoms with Crippen molar-refractivity contribution < 1.29 is 39.5 Å². The molecule has 1 heterocycles. The summed E-state index contributed by atoms with van der Waals surface area (Å²) in [6.07, 6.45) is -1.49. The molecule has 1 unspecified atom stereocenters. The van der Waals surface area contributed by atoms with Gasteiger partial charge in [0, 0.05) is 10.6 Å². The number of halogens is 1. The maximum atomic E-state index is 11.7. The zero-order valence-electron chi connectivity index (χ0n) is 11.3. The van der Waals surface area contributed by atoms with Gasteiger partial charge < -0.3 is 15.2 Å². The first-order chi connectivity index (χ1) is 9.65. The molecule has 0 aliphatic carbocycles. The van der Waals surface area contributed by atoms with Crippen molar-refractivity contribution in [3.63, 3.8) is 0 Å². The number of amides is 1. The van der Waals surface area contributed by atoms with Gasteiger partial charge in [0.05, 0.1) is 5.71 Å². The Labute approximate surface area is 149 Å². The van der Waals surface area contributed by atoms with Crippen molar-refractivity contribution in [3.8, 4) is 0 Å². The zero-order valence-corrected chi connectivity index (χ0v) is 14.1. The molecule has 0 radical (unpaired) electrons. The fourth-order valence-corrected chi connectivity index (χ4v) is 2.22. The average molecular weight is 309 g/mol. The van der Waals surface area contributed by atoms with Crippen molar-refractivity contribution in [1.82, 2.24) is 0 Å². The van der Waals surface area contributed by atoms with E-state index < -0.39 is 12.1 Å². The normalized spacial score (nSPS) is 17.0. The predicted molar refractivity (Wildman–Crippen MR) is 77.6 cm³/mol. The quantitative estimate of drug-likeness (QED) is 0.756. The Hall–Kier alpha value is -1.17. The number of hydrogen-bond acceptors (Lipinski definition) is 3. The van der Waals surface area contributed by atoms with Crippen molar-refractivity contribution in [2.75, 3.05) is 0 Å². The third-order valence-corrected chi connectivity index (χ3v) is 3.20. The topological polar surface area (TPSA) is 63.8 Å². The Morgan fingerprint density at radius 2 is 1.86 bits per heavy atom. The molecule has 1 atom stereocenters. The van der Waals surface area contributed by atoms with E-state index in [9.17, 15) is 9.90 Å². The standard InChI is InChI=1S/C15H11ClN2O2.Na/c16-10-6-7-12-11(8-10)13(9-4-2-1-3-5-9)18-15(20)14(19)17-12;/h1-8,15,20H,(H,17,18,19);/q;+1/p-1. The number of aliphatic hydroxyl groups excluding tert-OH is 1. The number of rotatable bonds is 1. The van der Waals surface area contributed by atoms with Crippen LogP contribution in [0.2, 0.25) is 5.02 Å². The molecule has 2 aromatic rings. The molecule has 1 aliphatic heterocycles. The van der Waals surface area contributed by atoms with Gasteiger partial charge in [-0.1, -0.05) is 48.0 Å². The summed E-state index contributed by atoms with van der Waals surface area (Å²) < 4.78 is 0. The summed E-state index contributed by atoms with van der Waals surface area (Å²) in [6.45, 7) is 0. The Kier molecular flexibility index (Phi) is 5.19. The number of aliphatic imine (C=N–C) groups is 1. The molecule has 21 heavy (non-hydrogen) atoms. The summed E-state index contributed by atoms with van der Waals surface area (Å²) in [5.74, 6) is -0.681. The van der Waals surface area contributed by atoms with E-state index in [1.54, 1.807) is 18.2 Å². The Morgan fingerprint density at radius 3 is 2.57 bits per heavy atom. The van der Waals surface area contributed by atoms with Crippen LogP contribution in [0.3, 0.4) is 0 Å². The second kappa shape index (κ2) is 6.73. The van der Waals surface area contributed by atoms with Gasteiger partial charge in [-0.3, -0.25) is 0 Å². The molecule has 0 saturated carbocycles. The maximum Gasteiger partial charge on any atom is 1.00 e. The predicted octanol–water partition coefficient (Wildman–Crippen LogP) is 0.0452. The molecule has 0 fully saturated rings. The molecule has 0 saturated heterocycles. The van der Waals surface area contributed by atoms with Crippen LogP contribution in [0, 0.1) is 0 Å². The number of fused-ring (bicyclic) bond motifs is 1. The molecule has 0 aromatic heterocycles. The Bertz CT molecular complexity index is 704. The molecule has 1 amide bonds. The summed E-state index contributed by atoms with van der Waals surface area (Å²) in [4.78, 5) is 15.8. The minimum absolute atomic E-state index is 0. The number of benzene rings is 2. The first-order valence-corrected chi connectivity index (χ1v) is 6.40. The molecule has 3 rings (SSSR count). The minimum atomic E-state index is -1.49. The van der Waals surface area contributed by atoms with Gasteiger partial charge in [-0.25, -0.2) is 4.99 Å². The number of aliphatic hydroxyl groups is 1. The van der Waals surface area contributed by atoms with Crippen LogP contribution < -0.4 is 29.6 Å². The zero-order chi connectivity index (χ0) is 14.1. The van der Waals surface area contributed by atoms with Gasteiger partial charge in [0.1, 0.15) is 5.91 Å². The molecule has 1 N–H and O–H groups in total. The summed E-state index contributed by atoms with van der Waals surface area (Å²) >= 11 is 6.01. The fraction of sp³-hybridized carbons (Fsp3) is 0.0667. The largest absolute Gasteiger partial charge is 1.00 e. The van der Waals surface area contributed by atoms with Crippen molar-refractivity contribution in [3.05, 3.63) is 70.0 Å². The molecule has 0 bridgehead atoms. The van der Waals surface area contributed by atoms with Crippen LogP contribution in [0.4, 0.5) is 5.69 Å². The van der Waals surface area contributed by atoms with Gasteiger partial charge in [-0.2, -0.15) is 0 Å². The number of hydrogen-bond donors (Lipinski definition) is 1. The van der Waals surface area contributed by atoms with Crippen LogP contribution in [0.15, 0.2) is 53.5 Å². The van der Waals surface area contributed by atoms with Crippen LogP contribution in [-0.2, 0) is 4.79 Å². The van der Waals surface area contributed by atoms with E-state index in [0.29, 0.717) is 22.0 Å². The van der Waals surface area contributed by atoms with Gasteiger partial charge >= 0.3 is 29.6 Å². The number of carbonyl (C=O) groups excluding carboxylic acids is 1. The molecule has 4 nitrogen and oxygen atoms in total. The van der Waals surface area contributed by atoms with Crippen molar-refractivity contribution in [2.24, 2.45) is 4.99 Å². The molecular weight excluding hydrogens is 299 g/mol. The fourth-order valence-electron chi connectivity index (χ4n) is 2.04. The first-order valence-electron chi connectivity index (χ1n) is 6.02. The van der Waals surface area contributed by atoms with E-state index in [-0.39, 0.29) is 29.6 Å². The third-order valence-electron chi connectivity index (χ3n) is 2.96. The van der Waals surface area contributed by atoms with Gasteiger partial charge in [0.15, 0.2) is 6.23 Å². The van der Waals surface area contributed by atoms with E-state index in [1.165, 1.54) is 0 Å². The average Bonchev–Trinajstić information content (AvgIpc) is 2.58. The van der Waals surface area contributed by atoms with Gasteiger partial charge in [-0.15, -0.1) is 5.69 Å². The Morgan fingerprint density at radius 1 is 1.14 bits per heavy atom. The SMILES string of the molecule is O=C1[N-]c2ccc(Cl)cc2C(c2ccccc2)=NC1O.[Na+]. The van der Waals surface area contributed by atoms with E-state index >= 15 is 0 Å². The number of nitrogens with zero attached hydrogens (tertiary/aromatic N) is 2. The van der Waals surface area contributed by atoms with E-state index in [4.69, 9.17) is 11.6 Å². The first kappa shape index (κ1) is 16.2. The van der Waals surface area contributed by atoms with Crippen LogP contribution >= 0.6 is 11.6 Å². The summed E-state index contributed by atoms with van der Waals surface area (Å²) in [5.41, 5.74) is 2.39. The van der Waals surface area contributed by atoms with Gasteiger partial charge in [0.25, 0.3) is 0 Å². The molecule has 0 spiro atoms. The molecule has 1 aliphatic rings. The smallest absolute Gasteiger partial charge is 0.622 e. The summed E-state index contributed by atoms with van der Waals surface area (Å²) in [5, 5.41) is 14.2. The van der Waals surface area contributed by atoms with Crippen LogP contribution in [0.5, 0.6) is 0 Å². The number of benzodiazepines with no additional fused rings is 1. The monoisotopic (exact) mass is 308 g/mol. The minimum Gasteiger partial charge on any atom is -0.622 e. The summed E-state index contributed by atoms with van der Waals surface area (Å²) in [6, 6.07) is 14.3. The van der Waals surface area contributed by atoms with Crippen molar-refractivity contribution >= 4 is 28.9 Å². The van der Waals surface area contributed by atoms with Gasteiger partial charge in [-0.05, 0) is 17.7 Å². The second-order valence-electron chi connectivity index (χ2n) is 4.33. The van der Waals surface area contributed by atoms with E-state index in [2.05, 4.69) is 10.3 Å². The number of carbonyl (C=O) groups is 1. The second-order valence-corrected chi connectivity index (χ2v) is 4.77. The molecule has 100 valence electrons.